The summed E-state index contributed by atoms with van der Waals surface area (Å²) in [6.07, 6.45) is -8.06. The van der Waals surface area contributed by atoms with Crippen LogP contribution in [0.15, 0.2) is 0 Å². The molecule has 12 N–H and O–H groups in total. The molecule has 118 valence electrons. The second-order valence-electron chi connectivity index (χ2n) is 3.96. The first-order chi connectivity index (χ1) is 8.84. The first-order valence-electron chi connectivity index (χ1n) is 5.48. The predicted octanol–water partition coefficient (Wildman–Crippen LogP) is -5.17. The summed E-state index contributed by atoms with van der Waals surface area (Å²) >= 11 is 0. The second-order valence-corrected chi connectivity index (χ2v) is 3.96. The molecule has 0 saturated heterocycles. The van der Waals surface area contributed by atoms with E-state index in [2.05, 4.69) is 5.90 Å². The molecule has 0 saturated carbocycles. The van der Waals surface area contributed by atoms with Gasteiger partial charge in [-0.25, -0.2) is 5.90 Å². The van der Waals surface area contributed by atoms with E-state index in [0.29, 0.717) is 0 Å². The van der Waals surface area contributed by atoms with E-state index in [4.69, 9.17) is 31.4 Å². The Morgan fingerprint density at radius 2 is 1.21 bits per heavy atom. The van der Waals surface area contributed by atoms with Gasteiger partial charge in [0.15, 0.2) is 0 Å². The maximum Gasteiger partial charge on any atom is 0.111 e. The van der Waals surface area contributed by atoms with Crippen molar-refractivity contribution in [3.63, 3.8) is 0 Å². The van der Waals surface area contributed by atoms with E-state index < -0.39 is 49.8 Å². The number of aliphatic hydroxyl groups excluding tert-OH is 7. The quantitative estimate of drug-likeness (QED) is 0.191. The summed E-state index contributed by atoms with van der Waals surface area (Å²) in [7, 11) is 0. The third kappa shape index (κ3) is 7.69. The van der Waals surface area contributed by atoms with Crippen molar-refractivity contribution in [2.45, 2.75) is 43.0 Å². The molecule has 0 radical (unpaired) electrons. The molecule has 0 aromatic carbocycles. The highest BCUT2D eigenvalue weighted by atomic mass is 16.4. The van der Waals surface area contributed by atoms with Crippen molar-refractivity contribution < 1.29 is 41.0 Å². The van der Waals surface area contributed by atoms with Crippen LogP contribution in [0.4, 0.5) is 0 Å². The van der Waals surface area contributed by atoms with E-state index in [1.165, 1.54) is 0 Å². The van der Waals surface area contributed by atoms with Crippen molar-refractivity contribution in [2.75, 3.05) is 13.2 Å². The van der Waals surface area contributed by atoms with Crippen LogP contribution in [0.25, 0.3) is 0 Å². The van der Waals surface area contributed by atoms with Gasteiger partial charge in [0.05, 0.1) is 25.4 Å². The highest BCUT2D eigenvalue weighted by molar-refractivity contribution is 4.87. The zero-order valence-electron chi connectivity index (χ0n) is 10.3. The number of hydrogen-bond acceptors (Lipinski definition) is 10. The van der Waals surface area contributed by atoms with Crippen LogP contribution in [0.2, 0.25) is 0 Å². The average Bonchev–Trinajstić information content (AvgIpc) is 2.45. The Bertz CT molecular complexity index is 211. The van der Waals surface area contributed by atoms with Crippen LogP contribution in [0.5, 0.6) is 0 Å². The van der Waals surface area contributed by atoms with Crippen LogP contribution >= 0.6 is 0 Å². The molecule has 0 aromatic rings. The zero-order valence-corrected chi connectivity index (χ0v) is 10.3. The molecule has 10 heteroatoms. The van der Waals surface area contributed by atoms with Crippen molar-refractivity contribution >= 4 is 0 Å². The molecule has 2 unspecified atom stereocenters. The van der Waals surface area contributed by atoms with Crippen molar-refractivity contribution in [3.8, 4) is 0 Å². The van der Waals surface area contributed by atoms with Crippen LogP contribution < -0.4 is 11.6 Å². The van der Waals surface area contributed by atoms with E-state index in [1.54, 1.807) is 0 Å². The molecule has 0 aliphatic heterocycles. The zero-order chi connectivity index (χ0) is 15.6. The van der Waals surface area contributed by atoms with Gasteiger partial charge in [-0.3, -0.25) is 0 Å². The molecule has 10 nitrogen and oxygen atoms in total. The minimum absolute atomic E-state index is 0.184. The van der Waals surface area contributed by atoms with Gasteiger partial charge in [0.1, 0.15) is 18.3 Å². The molecule has 0 aliphatic carbocycles. The normalized spacial score (nSPS) is 20.5. The van der Waals surface area contributed by atoms with Gasteiger partial charge in [0.2, 0.25) is 0 Å². The smallest absolute Gasteiger partial charge is 0.111 e. The summed E-state index contributed by atoms with van der Waals surface area (Å²) in [6, 6.07) is -1.09. The van der Waals surface area contributed by atoms with Gasteiger partial charge in [0.25, 0.3) is 0 Å². The number of nitrogens with two attached hydrogens (primary N) is 2. The van der Waals surface area contributed by atoms with Crippen molar-refractivity contribution in [2.24, 2.45) is 11.6 Å². The Kier molecular flexibility index (Phi) is 12.6. The molecule has 0 aliphatic rings. The monoisotopic (exact) mass is 288 g/mol. The largest absolute Gasteiger partial charge is 0.394 e. The molecule has 6 atom stereocenters. The summed E-state index contributed by atoms with van der Waals surface area (Å²) < 4.78 is 0. The fourth-order valence-electron chi connectivity index (χ4n) is 1.32. The molecular weight excluding hydrogens is 264 g/mol. The van der Waals surface area contributed by atoms with E-state index >= 15 is 0 Å². The fraction of sp³-hybridized carbons (Fsp3) is 1.00. The first kappa shape index (κ1) is 20.9. The molecule has 0 fully saturated rings. The Morgan fingerprint density at radius 1 is 0.737 bits per heavy atom. The number of rotatable bonds is 8. The van der Waals surface area contributed by atoms with Gasteiger partial charge >= 0.3 is 0 Å². The maximum absolute atomic E-state index is 9.52. The van der Waals surface area contributed by atoms with Gasteiger partial charge in [-0.1, -0.05) is 0 Å². The molecule has 0 spiro atoms. The third-order valence-electron chi connectivity index (χ3n) is 2.47. The van der Waals surface area contributed by atoms with Gasteiger partial charge in [0, 0.05) is 6.04 Å². The standard InChI is InChI=1S/C9H21NO7.H3NO/c10-5(1-4(13)2-11)7(15)9(17)8(16)6(14)3-12;1-2/h4-9,11-17H,1-3,10H2;2H,1H2/t4?,5?,6-,7+,8+,9-;/m1./s1. The molecule has 0 heterocycles. The van der Waals surface area contributed by atoms with Crippen LogP contribution in [-0.4, -0.2) is 90.7 Å². The van der Waals surface area contributed by atoms with E-state index in [0.717, 1.165) is 0 Å². The third-order valence-corrected chi connectivity index (χ3v) is 2.47. The first-order valence-corrected chi connectivity index (χ1v) is 5.48. The lowest BCUT2D eigenvalue weighted by Crippen LogP contribution is -2.53. The summed E-state index contributed by atoms with van der Waals surface area (Å²) in [4.78, 5) is 0. The lowest BCUT2D eigenvalue weighted by Gasteiger charge is -2.29. The molecule has 0 aromatic heterocycles. The van der Waals surface area contributed by atoms with Gasteiger partial charge in [-0.05, 0) is 6.42 Å². The van der Waals surface area contributed by atoms with Crippen molar-refractivity contribution in [1.29, 1.82) is 0 Å². The minimum Gasteiger partial charge on any atom is -0.394 e. The van der Waals surface area contributed by atoms with E-state index in [9.17, 15) is 15.3 Å². The lowest BCUT2D eigenvalue weighted by molar-refractivity contribution is -0.121. The van der Waals surface area contributed by atoms with Gasteiger partial charge < -0.3 is 46.7 Å². The summed E-state index contributed by atoms with van der Waals surface area (Å²) in [6.45, 7) is -1.32. The van der Waals surface area contributed by atoms with E-state index in [1.807, 2.05) is 0 Å². The predicted molar refractivity (Wildman–Crippen MR) is 62.8 cm³/mol. The fourth-order valence-corrected chi connectivity index (χ4v) is 1.32. The average molecular weight is 288 g/mol. The Morgan fingerprint density at radius 3 is 1.58 bits per heavy atom. The molecule has 0 bridgehead atoms. The number of hydrogen-bond donors (Lipinski definition) is 10. The van der Waals surface area contributed by atoms with Crippen LogP contribution in [0.1, 0.15) is 6.42 Å². The molecule has 0 amide bonds. The van der Waals surface area contributed by atoms with Crippen molar-refractivity contribution in [1.82, 2.24) is 0 Å². The second kappa shape index (κ2) is 11.4. The van der Waals surface area contributed by atoms with Crippen LogP contribution in [0, 0.1) is 0 Å². The molecule has 0 rings (SSSR count). The van der Waals surface area contributed by atoms with E-state index in [-0.39, 0.29) is 6.42 Å². The highest BCUT2D eigenvalue weighted by Gasteiger charge is 2.33. The topological polar surface area (TPSA) is 214 Å². The van der Waals surface area contributed by atoms with Crippen molar-refractivity contribution in [3.05, 3.63) is 0 Å². The molecule has 19 heavy (non-hydrogen) atoms. The lowest BCUT2D eigenvalue weighted by atomic mass is 9.95. The highest BCUT2D eigenvalue weighted by Crippen LogP contribution is 2.10. The van der Waals surface area contributed by atoms with Crippen LogP contribution in [0.3, 0.4) is 0 Å². The molecular formula is C9H24N2O8. The Balaban J connectivity index is 0. The van der Waals surface area contributed by atoms with Crippen LogP contribution in [-0.2, 0) is 0 Å². The SMILES string of the molecule is NC(CC(O)CO)[C@H](O)[C@@H](O)[C@@H](O)[C@H](O)CO.NO. The minimum atomic E-state index is -1.77. The summed E-state index contributed by atoms with van der Waals surface area (Å²) in [5.74, 6) is 3.50. The van der Waals surface area contributed by atoms with Gasteiger partial charge in [-0.2, -0.15) is 0 Å². The summed E-state index contributed by atoms with van der Waals surface area (Å²) in [5.41, 5.74) is 5.44. The Hall–Kier alpha value is -0.400. The number of aliphatic hydroxyl groups is 7. The maximum atomic E-state index is 9.52. The van der Waals surface area contributed by atoms with Gasteiger partial charge in [-0.15, -0.1) is 0 Å². The summed E-state index contributed by atoms with van der Waals surface area (Å²) in [5, 5.41) is 70.0. The Labute approximate surface area is 110 Å².